The molecule has 3 heterocycles. The minimum atomic E-state index is -0.109. The van der Waals surface area contributed by atoms with Crippen LogP contribution in [0.3, 0.4) is 0 Å². The molecule has 0 unspecified atom stereocenters. The van der Waals surface area contributed by atoms with Gasteiger partial charge in [-0.1, -0.05) is 220 Å². The van der Waals surface area contributed by atoms with E-state index in [9.17, 15) is 0 Å². The number of benzene rings is 10. The number of hydrogen-bond acceptors (Lipinski definition) is 1. The first-order valence-electron chi connectivity index (χ1n) is 27.0. The van der Waals surface area contributed by atoms with Gasteiger partial charge in [0, 0.05) is 44.4 Å². The van der Waals surface area contributed by atoms with Gasteiger partial charge < -0.3 is 9.38 Å². The first kappa shape index (κ1) is 46.9. The van der Waals surface area contributed by atoms with E-state index in [1.54, 1.807) is 0 Å². The van der Waals surface area contributed by atoms with Crippen molar-refractivity contribution in [1.82, 2.24) is 4.48 Å². The maximum atomic E-state index is 2.72. The predicted molar refractivity (Wildman–Crippen MR) is 325 cm³/mol. The van der Waals surface area contributed by atoms with Crippen LogP contribution in [0.2, 0.25) is 0 Å². The molecule has 0 saturated carbocycles. The molecule has 0 spiro atoms. The highest BCUT2D eigenvalue weighted by Gasteiger charge is 2.43. The fraction of sp³-hybridized carbons (Fsp3) is 0.194. The molecule has 366 valence electrons. The summed E-state index contributed by atoms with van der Waals surface area (Å²) in [4.78, 5) is 2.57. The second kappa shape index (κ2) is 16.8. The van der Waals surface area contributed by atoms with E-state index in [0.717, 1.165) is 5.69 Å². The summed E-state index contributed by atoms with van der Waals surface area (Å²) in [7, 11) is 0. The Morgan fingerprint density at radius 1 is 0.373 bits per heavy atom. The van der Waals surface area contributed by atoms with Crippen LogP contribution in [0.25, 0.3) is 88.2 Å². The molecule has 0 N–H and O–H groups in total. The quantitative estimate of drug-likeness (QED) is 0.156. The molecule has 1 aromatic heterocycles. The second-order valence-corrected chi connectivity index (χ2v) is 24.7. The number of para-hydroxylation sites is 1. The number of aromatic nitrogens is 1. The van der Waals surface area contributed by atoms with Crippen molar-refractivity contribution in [3.05, 3.63) is 222 Å². The van der Waals surface area contributed by atoms with Gasteiger partial charge in [0.1, 0.15) is 0 Å². The van der Waals surface area contributed by atoms with Crippen LogP contribution in [0.15, 0.2) is 194 Å². The second-order valence-electron chi connectivity index (χ2n) is 24.7. The molecule has 0 amide bonds. The normalized spacial score (nSPS) is 13.2. The summed E-state index contributed by atoms with van der Waals surface area (Å²) in [6.07, 6.45) is 0. The third kappa shape index (κ3) is 7.52. The van der Waals surface area contributed by atoms with E-state index in [2.05, 4.69) is 280 Å². The Morgan fingerprint density at radius 3 is 1.44 bits per heavy atom. The fourth-order valence-corrected chi connectivity index (χ4v) is 12.7. The van der Waals surface area contributed by atoms with Crippen LogP contribution in [0, 0.1) is 13.8 Å². The molecule has 10 aromatic carbocycles. The summed E-state index contributed by atoms with van der Waals surface area (Å²) in [5, 5.41) is 5.18. The van der Waals surface area contributed by atoms with Gasteiger partial charge in [-0.2, -0.15) is 0 Å². The number of fused-ring (bicyclic) bond motifs is 9. The minimum Gasteiger partial charge on any atom is -0.375 e. The summed E-state index contributed by atoms with van der Waals surface area (Å²) in [5.74, 6) is 0. The van der Waals surface area contributed by atoms with Crippen molar-refractivity contribution in [3.8, 4) is 55.6 Å². The lowest BCUT2D eigenvalue weighted by molar-refractivity contribution is 0.590. The van der Waals surface area contributed by atoms with Gasteiger partial charge in [-0.15, -0.1) is 0 Å². The smallest absolute Gasteiger partial charge is 0.333 e. The van der Waals surface area contributed by atoms with Gasteiger partial charge in [0.15, 0.2) is 0 Å². The first-order chi connectivity index (χ1) is 35.9. The van der Waals surface area contributed by atoms with Gasteiger partial charge >= 0.3 is 6.85 Å². The lowest BCUT2D eigenvalue weighted by atomic mass is 9.44. The Hall–Kier alpha value is -7.88. The molecule has 13 rings (SSSR count). The van der Waals surface area contributed by atoms with Crippen LogP contribution >= 0.6 is 0 Å². The van der Waals surface area contributed by atoms with E-state index in [0.29, 0.717) is 0 Å². The van der Waals surface area contributed by atoms with Crippen molar-refractivity contribution in [2.24, 2.45) is 0 Å². The van der Waals surface area contributed by atoms with E-state index in [4.69, 9.17) is 0 Å². The van der Waals surface area contributed by atoms with Gasteiger partial charge in [0.2, 0.25) is 0 Å². The molecule has 3 heteroatoms. The Labute approximate surface area is 444 Å². The number of rotatable bonds is 5. The highest BCUT2D eigenvalue weighted by Crippen LogP contribution is 2.49. The van der Waals surface area contributed by atoms with Crippen LogP contribution in [-0.4, -0.2) is 11.3 Å². The average Bonchev–Trinajstić information content (AvgIpc) is 3.75. The first-order valence-corrected chi connectivity index (χ1v) is 27.0. The van der Waals surface area contributed by atoms with Crippen molar-refractivity contribution in [2.45, 2.75) is 92.4 Å². The van der Waals surface area contributed by atoms with Crippen molar-refractivity contribution in [2.75, 3.05) is 4.90 Å². The zero-order valence-corrected chi connectivity index (χ0v) is 45.4. The Morgan fingerprint density at radius 2 is 0.867 bits per heavy atom. The Bertz CT molecular complexity index is 4070. The van der Waals surface area contributed by atoms with Crippen molar-refractivity contribution in [3.63, 3.8) is 0 Å². The summed E-state index contributed by atoms with van der Waals surface area (Å²) >= 11 is 0. The molecule has 2 nitrogen and oxygen atoms in total. The SMILES string of the molecule is Cc1cccc(C)c1-c1cccc2c1ccc1c2c2cccc3c2n1B1c2cc(-c4ccc(C(C)(C)C)cc4)ccc2N(c2ccc(-c4ccc(C(C)(C)C)cc4)cc2)c2cc(-c4ccc(C(C)(C)C)cc4)cc-3c21. The van der Waals surface area contributed by atoms with Crippen molar-refractivity contribution in [1.29, 1.82) is 0 Å². The van der Waals surface area contributed by atoms with Gasteiger partial charge in [-0.25, -0.2) is 0 Å². The van der Waals surface area contributed by atoms with E-state index in [1.807, 2.05) is 0 Å². The lowest BCUT2D eigenvalue weighted by Gasteiger charge is -2.41. The molecule has 2 aliphatic rings. The number of anilines is 3. The third-order valence-electron chi connectivity index (χ3n) is 16.8. The fourth-order valence-electron chi connectivity index (χ4n) is 12.7. The summed E-state index contributed by atoms with van der Waals surface area (Å²) in [5.41, 5.74) is 28.0. The van der Waals surface area contributed by atoms with Gasteiger partial charge in [0.25, 0.3) is 0 Å². The molecular formula is C72H65BN2. The molecule has 0 radical (unpaired) electrons. The zero-order chi connectivity index (χ0) is 51.9. The lowest BCUT2D eigenvalue weighted by Crippen LogP contribution is -2.56. The Kier molecular flexibility index (Phi) is 10.5. The van der Waals surface area contributed by atoms with Crippen LogP contribution in [-0.2, 0) is 16.2 Å². The molecule has 11 aromatic rings. The molecule has 0 atom stereocenters. The molecule has 2 aliphatic heterocycles. The van der Waals surface area contributed by atoms with E-state index in [-0.39, 0.29) is 23.1 Å². The highest BCUT2D eigenvalue weighted by molar-refractivity contribution is 6.90. The van der Waals surface area contributed by atoms with Crippen molar-refractivity contribution < 1.29 is 0 Å². The highest BCUT2D eigenvalue weighted by atomic mass is 15.2. The van der Waals surface area contributed by atoms with E-state index < -0.39 is 0 Å². The molecular weight excluding hydrogens is 904 g/mol. The number of hydrogen-bond donors (Lipinski definition) is 0. The topological polar surface area (TPSA) is 8.17 Å². The number of nitrogens with zero attached hydrogens (tertiary/aromatic N) is 2. The maximum absolute atomic E-state index is 2.72. The molecule has 0 fully saturated rings. The molecule has 75 heavy (non-hydrogen) atoms. The van der Waals surface area contributed by atoms with Crippen molar-refractivity contribution >= 4 is 67.4 Å². The largest absolute Gasteiger partial charge is 0.375 e. The van der Waals surface area contributed by atoms with Crippen LogP contribution in [0.5, 0.6) is 0 Å². The van der Waals surface area contributed by atoms with Crippen LogP contribution < -0.4 is 15.8 Å². The minimum absolute atomic E-state index is 0.0507. The third-order valence-corrected chi connectivity index (χ3v) is 16.8. The average molecular weight is 969 g/mol. The maximum Gasteiger partial charge on any atom is 0.333 e. The van der Waals surface area contributed by atoms with E-state index >= 15 is 0 Å². The number of aryl methyl sites for hydroxylation is 2. The molecule has 0 saturated heterocycles. The van der Waals surface area contributed by atoms with Gasteiger partial charge in [-0.05, 0) is 166 Å². The summed E-state index contributed by atoms with van der Waals surface area (Å²) in [6.45, 7) is 25.0. The van der Waals surface area contributed by atoms with Gasteiger partial charge in [-0.3, -0.25) is 0 Å². The van der Waals surface area contributed by atoms with E-state index in [1.165, 1.54) is 138 Å². The monoisotopic (exact) mass is 969 g/mol. The standard InChI is InChI=1S/C72H65BN2/c1-44-15-12-16-45(2)66(44)57-17-13-18-58-56(57)38-40-64-67(58)60-20-14-19-59-61-41-51(49-25-34-54(35-26-49)72(9,10)11)43-65-68(61)73(75(64)69(59)60)62-42-50(48-23-32-53(33-24-48)71(6,7)8)29-39-63(62)74(65)55-36-27-47(28-37-55)46-21-30-52(31-22-46)70(3,4)5/h12-43H,1-11H3. The van der Waals surface area contributed by atoms with Gasteiger partial charge in [0.05, 0.1) is 0 Å². The molecule has 0 bridgehead atoms. The molecule has 0 aliphatic carbocycles. The summed E-state index contributed by atoms with van der Waals surface area (Å²) in [6, 6.07) is 74.9. The van der Waals surface area contributed by atoms with Crippen LogP contribution in [0.1, 0.15) is 90.1 Å². The zero-order valence-electron chi connectivity index (χ0n) is 45.4. The predicted octanol–water partition coefficient (Wildman–Crippen LogP) is 18.5. The Balaban J connectivity index is 1.10. The summed E-state index contributed by atoms with van der Waals surface area (Å²) < 4.78 is 2.72. The van der Waals surface area contributed by atoms with Crippen LogP contribution in [0.4, 0.5) is 17.1 Å².